The minimum absolute atomic E-state index is 0.142. The molecule has 1 aromatic carbocycles. The van der Waals surface area contributed by atoms with Crippen LogP contribution in [0.3, 0.4) is 0 Å². The molecule has 1 aromatic heterocycles. The number of carbonyl (C=O) groups is 3. The molecule has 0 fully saturated rings. The van der Waals surface area contributed by atoms with Crippen molar-refractivity contribution in [3.05, 3.63) is 46.7 Å². The minimum atomic E-state index is -0.447. The molecule has 1 unspecified atom stereocenters. The van der Waals surface area contributed by atoms with E-state index in [0.717, 1.165) is 5.56 Å². The van der Waals surface area contributed by atoms with Crippen LogP contribution in [0, 0.1) is 0 Å². The third-order valence-electron chi connectivity index (χ3n) is 3.91. The molecule has 7 heteroatoms. The smallest absolute Gasteiger partial charge is 0.310 e. The Morgan fingerprint density at radius 1 is 1.32 bits per heavy atom. The van der Waals surface area contributed by atoms with Crippen LogP contribution >= 0.6 is 11.3 Å². The number of rotatable bonds is 4. The molecule has 1 N–H and O–H groups in total. The lowest BCUT2D eigenvalue weighted by molar-refractivity contribution is -0.147. The molecule has 2 amide bonds. The number of hydrogen-bond donors (Lipinski definition) is 1. The van der Waals surface area contributed by atoms with Crippen molar-refractivity contribution < 1.29 is 19.1 Å². The molecule has 0 radical (unpaired) electrons. The van der Waals surface area contributed by atoms with Crippen molar-refractivity contribution in [2.24, 2.45) is 0 Å². The van der Waals surface area contributed by atoms with Crippen molar-refractivity contribution in [2.75, 3.05) is 16.8 Å². The lowest BCUT2D eigenvalue weighted by Crippen LogP contribution is -2.41. The van der Waals surface area contributed by atoms with Crippen molar-refractivity contribution in [1.29, 1.82) is 0 Å². The average molecular weight is 358 g/mol. The Labute approximate surface area is 149 Å². The number of carbonyl (C=O) groups excluding carboxylic acids is 3. The highest BCUT2D eigenvalue weighted by molar-refractivity contribution is 7.08. The fourth-order valence-electron chi connectivity index (χ4n) is 2.79. The van der Waals surface area contributed by atoms with Crippen LogP contribution in [-0.4, -0.2) is 30.4 Å². The molecule has 0 aliphatic carbocycles. The summed E-state index contributed by atoms with van der Waals surface area (Å²) in [5.74, 6) is -0.948. The SMILES string of the molecule is CC1CC(=O)Nc2ccccc2N1C(=O)COC(=O)Cc1ccsc1. The summed E-state index contributed by atoms with van der Waals surface area (Å²) >= 11 is 1.50. The lowest BCUT2D eigenvalue weighted by atomic mass is 10.1. The zero-order valence-corrected chi connectivity index (χ0v) is 14.5. The zero-order chi connectivity index (χ0) is 17.8. The van der Waals surface area contributed by atoms with E-state index in [-0.39, 0.29) is 37.3 Å². The zero-order valence-electron chi connectivity index (χ0n) is 13.7. The summed E-state index contributed by atoms with van der Waals surface area (Å²) in [5, 5.41) is 6.54. The van der Waals surface area contributed by atoms with Crippen molar-refractivity contribution in [2.45, 2.75) is 25.8 Å². The number of nitrogens with zero attached hydrogens (tertiary/aromatic N) is 1. The number of para-hydroxylation sites is 2. The van der Waals surface area contributed by atoms with Crippen molar-refractivity contribution in [3.63, 3.8) is 0 Å². The van der Waals surface area contributed by atoms with Gasteiger partial charge in [0.15, 0.2) is 6.61 Å². The van der Waals surface area contributed by atoms with Gasteiger partial charge >= 0.3 is 5.97 Å². The maximum Gasteiger partial charge on any atom is 0.310 e. The van der Waals surface area contributed by atoms with E-state index in [0.29, 0.717) is 11.4 Å². The topological polar surface area (TPSA) is 75.7 Å². The molecule has 1 atom stereocenters. The summed E-state index contributed by atoms with van der Waals surface area (Å²) in [6, 6.07) is 8.62. The van der Waals surface area contributed by atoms with Gasteiger partial charge in [-0.15, -0.1) is 0 Å². The third kappa shape index (κ3) is 4.06. The number of anilines is 2. The van der Waals surface area contributed by atoms with Crippen LogP contribution in [0.5, 0.6) is 0 Å². The van der Waals surface area contributed by atoms with Gasteiger partial charge in [0.05, 0.1) is 17.8 Å². The fourth-order valence-corrected chi connectivity index (χ4v) is 3.46. The fraction of sp³-hybridized carbons (Fsp3) is 0.278. The van der Waals surface area contributed by atoms with Gasteiger partial charge in [0.1, 0.15) is 0 Å². The second kappa shape index (κ2) is 7.48. The molecule has 1 aliphatic heterocycles. The van der Waals surface area contributed by atoms with Crippen LogP contribution in [0.1, 0.15) is 18.9 Å². The van der Waals surface area contributed by atoms with Crippen molar-refractivity contribution in [1.82, 2.24) is 0 Å². The van der Waals surface area contributed by atoms with E-state index in [1.165, 1.54) is 16.2 Å². The van der Waals surface area contributed by atoms with Gasteiger partial charge in [-0.25, -0.2) is 0 Å². The van der Waals surface area contributed by atoms with Gasteiger partial charge in [0, 0.05) is 12.5 Å². The maximum absolute atomic E-state index is 12.6. The van der Waals surface area contributed by atoms with Gasteiger partial charge in [-0.05, 0) is 41.4 Å². The summed E-state index contributed by atoms with van der Waals surface area (Å²) < 4.78 is 5.13. The van der Waals surface area contributed by atoms with Gasteiger partial charge in [-0.3, -0.25) is 14.4 Å². The van der Waals surface area contributed by atoms with Gasteiger partial charge in [0.2, 0.25) is 5.91 Å². The van der Waals surface area contributed by atoms with E-state index in [1.807, 2.05) is 16.8 Å². The molecule has 2 heterocycles. The van der Waals surface area contributed by atoms with E-state index >= 15 is 0 Å². The largest absolute Gasteiger partial charge is 0.455 e. The molecule has 130 valence electrons. The second-order valence-corrected chi connectivity index (χ2v) is 6.63. The number of hydrogen-bond acceptors (Lipinski definition) is 5. The summed E-state index contributed by atoms with van der Waals surface area (Å²) in [6.07, 6.45) is 0.326. The molecule has 0 saturated carbocycles. The summed E-state index contributed by atoms with van der Waals surface area (Å²) in [7, 11) is 0. The average Bonchev–Trinajstić information content (AvgIpc) is 3.03. The number of amides is 2. The second-order valence-electron chi connectivity index (χ2n) is 5.85. The minimum Gasteiger partial charge on any atom is -0.455 e. The molecule has 0 spiro atoms. The predicted octanol–water partition coefficient (Wildman–Crippen LogP) is 2.60. The van der Waals surface area contributed by atoms with Crippen LogP contribution < -0.4 is 10.2 Å². The van der Waals surface area contributed by atoms with Crippen LogP contribution in [0.4, 0.5) is 11.4 Å². The Morgan fingerprint density at radius 3 is 2.88 bits per heavy atom. The number of benzene rings is 1. The van der Waals surface area contributed by atoms with Crippen LogP contribution in [0.25, 0.3) is 0 Å². The monoisotopic (exact) mass is 358 g/mol. The molecular formula is C18H18N2O4S. The molecule has 3 rings (SSSR count). The Morgan fingerprint density at radius 2 is 2.12 bits per heavy atom. The Bertz CT molecular complexity index is 788. The first-order chi connectivity index (χ1) is 12.0. The van der Waals surface area contributed by atoms with Crippen LogP contribution in [0.2, 0.25) is 0 Å². The quantitative estimate of drug-likeness (QED) is 0.853. The molecular weight excluding hydrogens is 340 g/mol. The van der Waals surface area contributed by atoms with Gasteiger partial charge in [0.25, 0.3) is 5.91 Å². The molecule has 6 nitrogen and oxygen atoms in total. The molecule has 1 aliphatic rings. The van der Waals surface area contributed by atoms with Gasteiger partial charge in [-0.2, -0.15) is 11.3 Å². The first-order valence-electron chi connectivity index (χ1n) is 7.92. The van der Waals surface area contributed by atoms with E-state index in [4.69, 9.17) is 4.74 Å². The van der Waals surface area contributed by atoms with Crippen molar-refractivity contribution in [3.8, 4) is 0 Å². The highest BCUT2D eigenvalue weighted by Gasteiger charge is 2.30. The molecule has 0 saturated heterocycles. The third-order valence-corrected chi connectivity index (χ3v) is 4.65. The first kappa shape index (κ1) is 17.2. The van der Waals surface area contributed by atoms with E-state index < -0.39 is 5.97 Å². The van der Waals surface area contributed by atoms with E-state index in [1.54, 1.807) is 31.2 Å². The number of thiophene rings is 1. The van der Waals surface area contributed by atoms with E-state index in [2.05, 4.69) is 5.32 Å². The number of fused-ring (bicyclic) bond motifs is 1. The Kier molecular flexibility index (Phi) is 5.14. The predicted molar refractivity (Wildman–Crippen MR) is 95.6 cm³/mol. The van der Waals surface area contributed by atoms with Crippen LogP contribution in [-0.2, 0) is 25.5 Å². The standard InChI is InChI=1S/C18H18N2O4S/c1-12-8-16(21)19-14-4-2-3-5-15(14)20(12)17(22)10-24-18(23)9-13-6-7-25-11-13/h2-7,11-12H,8-10H2,1H3,(H,19,21). The number of ether oxygens (including phenoxy) is 1. The lowest BCUT2D eigenvalue weighted by Gasteiger charge is -2.27. The Hall–Kier alpha value is -2.67. The highest BCUT2D eigenvalue weighted by Crippen LogP contribution is 2.31. The molecule has 25 heavy (non-hydrogen) atoms. The molecule has 2 aromatic rings. The number of esters is 1. The maximum atomic E-state index is 12.6. The first-order valence-corrected chi connectivity index (χ1v) is 8.86. The Balaban J connectivity index is 1.70. The van der Waals surface area contributed by atoms with Gasteiger partial charge in [-0.1, -0.05) is 12.1 Å². The van der Waals surface area contributed by atoms with Crippen LogP contribution in [0.15, 0.2) is 41.1 Å². The van der Waals surface area contributed by atoms with Gasteiger partial charge < -0.3 is 15.0 Å². The summed E-state index contributed by atoms with van der Waals surface area (Å²) in [5.41, 5.74) is 2.06. The van der Waals surface area contributed by atoms with E-state index in [9.17, 15) is 14.4 Å². The van der Waals surface area contributed by atoms with Crippen molar-refractivity contribution >= 4 is 40.5 Å². The summed E-state index contributed by atoms with van der Waals surface area (Å²) in [4.78, 5) is 38.0. The number of nitrogens with one attached hydrogen (secondary N) is 1. The highest BCUT2D eigenvalue weighted by atomic mass is 32.1. The normalized spacial score (nSPS) is 16.6. The summed E-state index contributed by atoms with van der Waals surface area (Å²) in [6.45, 7) is 1.45. The molecule has 0 bridgehead atoms.